The lowest BCUT2D eigenvalue weighted by molar-refractivity contribution is 0.0629. The molecule has 1 saturated heterocycles. The molecule has 2 N–H and O–H groups in total. The van der Waals surface area contributed by atoms with Gasteiger partial charge in [-0.25, -0.2) is 0 Å². The Bertz CT molecular complexity index is 280. The standard InChI is InChI=1S/C22H47N3/c1-5-9-11-20(7-3)13-15-24-17-22(23)18-25(19-24)16-14-21(8-4)12-10-6-2/h20-22H,5-19,23H2,1-4H3. The number of nitrogens with two attached hydrogens (primary N) is 1. The maximum absolute atomic E-state index is 6.37. The Morgan fingerprint density at radius 3 is 1.56 bits per heavy atom. The SMILES string of the molecule is CCCCC(CC)CCN1CC(N)CN(CCC(CC)CCCC)C1. The Morgan fingerprint density at radius 1 is 0.760 bits per heavy atom. The van der Waals surface area contributed by atoms with Crippen LogP contribution in [0.15, 0.2) is 0 Å². The smallest absolute Gasteiger partial charge is 0.0507 e. The van der Waals surface area contributed by atoms with E-state index in [-0.39, 0.29) is 0 Å². The van der Waals surface area contributed by atoms with Gasteiger partial charge in [-0.3, -0.25) is 9.80 Å². The van der Waals surface area contributed by atoms with Crippen LogP contribution in [0.2, 0.25) is 0 Å². The molecule has 1 rings (SSSR count). The van der Waals surface area contributed by atoms with Crippen molar-refractivity contribution in [1.29, 1.82) is 0 Å². The van der Waals surface area contributed by atoms with Gasteiger partial charge in [-0.15, -0.1) is 0 Å². The fraction of sp³-hybridized carbons (Fsp3) is 1.00. The van der Waals surface area contributed by atoms with E-state index in [9.17, 15) is 0 Å². The summed E-state index contributed by atoms with van der Waals surface area (Å²) in [4.78, 5) is 5.24. The van der Waals surface area contributed by atoms with E-state index in [1.165, 1.54) is 77.3 Å². The Kier molecular flexibility index (Phi) is 12.8. The van der Waals surface area contributed by atoms with Crippen LogP contribution in [0.4, 0.5) is 0 Å². The van der Waals surface area contributed by atoms with Gasteiger partial charge in [0, 0.05) is 19.1 Å². The predicted molar refractivity (Wildman–Crippen MR) is 112 cm³/mol. The molecule has 2 atom stereocenters. The number of hydrogen-bond donors (Lipinski definition) is 1. The van der Waals surface area contributed by atoms with E-state index in [1.54, 1.807) is 0 Å². The van der Waals surface area contributed by atoms with Crippen LogP contribution in [0.5, 0.6) is 0 Å². The molecule has 0 bridgehead atoms. The van der Waals surface area contributed by atoms with Crippen LogP contribution in [0.3, 0.4) is 0 Å². The van der Waals surface area contributed by atoms with Crippen LogP contribution < -0.4 is 5.73 Å². The Balaban J connectivity index is 2.35. The zero-order chi connectivity index (χ0) is 18.5. The molecule has 0 aromatic heterocycles. The van der Waals surface area contributed by atoms with Crippen molar-refractivity contribution in [2.24, 2.45) is 17.6 Å². The molecule has 0 saturated carbocycles. The van der Waals surface area contributed by atoms with E-state index < -0.39 is 0 Å². The summed E-state index contributed by atoms with van der Waals surface area (Å²) in [6.07, 6.45) is 13.6. The third-order valence-corrected chi connectivity index (χ3v) is 6.18. The van der Waals surface area contributed by atoms with E-state index in [0.29, 0.717) is 6.04 Å². The topological polar surface area (TPSA) is 32.5 Å². The van der Waals surface area contributed by atoms with Crippen molar-refractivity contribution >= 4 is 0 Å². The molecule has 0 aliphatic carbocycles. The lowest BCUT2D eigenvalue weighted by Gasteiger charge is -2.40. The molecule has 0 amide bonds. The second-order valence-electron chi connectivity index (χ2n) is 8.47. The van der Waals surface area contributed by atoms with Gasteiger partial charge in [-0.2, -0.15) is 0 Å². The minimum atomic E-state index is 0.334. The molecule has 0 radical (unpaired) electrons. The van der Waals surface area contributed by atoms with E-state index in [1.807, 2.05) is 0 Å². The Labute approximate surface area is 158 Å². The highest BCUT2D eigenvalue weighted by atomic mass is 15.3. The first kappa shape index (κ1) is 22.9. The molecule has 25 heavy (non-hydrogen) atoms. The molecule has 0 spiro atoms. The highest BCUT2D eigenvalue weighted by molar-refractivity contribution is 4.79. The molecule has 0 aromatic carbocycles. The van der Waals surface area contributed by atoms with Crippen LogP contribution in [0.1, 0.15) is 91.9 Å². The summed E-state index contributed by atoms with van der Waals surface area (Å²) in [7, 11) is 0. The van der Waals surface area contributed by atoms with Crippen LogP contribution in [-0.2, 0) is 0 Å². The fourth-order valence-corrected chi connectivity index (χ4v) is 4.26. The number of unbranched alkanes of at least 4 members (excludes halogenated alkanes) is 2. The summed E-state index contributed by atoms with van der Waals surface area (Å²) in [6.45, 7) is 15.1. The van der Waals surface area contributed by atoms with Gasteiger partial charge >= 0.3 is 0 Å². The molecule has 1 aliphatic heterocycles. The molecule has 3 nitrogen and oxygen atoms in total. The molecule has 1 fully saturated rings. The number of hydrogen-bond acceptors (Lipinski definition) is 3. The first-order valence-corrected chi connectivity index (χ1v) is 11.3. The summed E-state index contributed by atoms with van der Waals surface area (Å²) in [5.74, 6) is 1.81. The van der Waals surface area contributed by atoms with Gasteiger partial charge in [-0.1, -0.05) is 79.1 Å². The van der Waals surface area contributed by atoms with Gasteiger partial charge < -0.3 is 5.73 Å². The Hall–Kier alpha value is -0.120. The number of nitrogens with zero attached hydrogens (tertiary/aromatic N) is 2. The lowest BCUT2D eigenvalue weighted by atomic mass is 9.95. The molecular weight excluding hydrogens is 306 g/mol. The highest BCUT2D eigenvalue weighted by Gasteiger charge is 2.23. The summed E-state index contributed by atoms with van der Waals surface area (Å²) in [5.41, 5.74) is 6.37. The van der Waals surface area contributed by atoms with Gasteiger partial charge in [-0.05, 0) is 37.8 Å². The molecule has 1 heterocycles. The van der Waals surface area contributed by atoms with Crippen molar-refractivity contribution in [1.82, 2.24) is 9.80 Å². The molecule has 2 unspecified atom stereocenters. The van der Waals surface area contributed by atoms with Gasteiger partial charge in [0.15, 0.2) is 0 Å². The minimum Gasteiger partial charge on any atom is -0.325 e. The first-order valence-electron chi connectivity index (χ1n) is 11.3. The summed E-state index contributed by atoms with van der Waals surface area (Å²) < 4.78 is 0. The largest absolute Gasteiger partial charge is 0.325 e. The Morgan fingerprint density at radius 2 is 1.20 bits per heavy atom. The monoisotopic (exact) mass is 353 g/mol. The van der Waals surface area contributed by atoms with Crippen molar-refractivity contribution in [3.8, 4) is 0 Å². The van der Waals surface area contributed by atoms with Crippen molar-refractivity contribution in [3.05, 3.63) is 0 Å². The van der Waals surface area contributed by atoms with Crippen LogP contribution in [0, 0.1) is 11.8 Å². The third-order valence-electron chi connectivity index (χ3n) is 6.18. The molecule has 150 valence electrons. The summed E-state index contributed by atoms with van der Waals surface area (Å²) in [6, 6.07) is 0.334. The maximum Gasteiger partial charge on any atom is 0.0507 e. The lowest BCUT2D eigenvalue weighted by Crippen LogP contribution is -2.55. The molecule has 1 aliphatic rings. The number of rotatable bonds is 14. The zero-order valence-corrected chi connectivity index (χ0v) is 17.8. The van der Waals surface area contributed by atoms with Crippen molar-refractivity contribution < 1.29 is 0 Å². The third kappa shape index (κ3) is 9.96. The molecular formula is C22H47N3. The van der Waals surface area contributed by atoms with E-state index >= 15 is 0 Å². The van der Waals surface area contributed by atoms with Gasteiger partial charge in [0.2, 0.25) is 0 Å². The fourth-order valence-electron chi connectivity index (χ4n) is 4.26. The average Bonchev–Trinajstić information content (AvgIpc) is 2.61. The van der Waals surface area contributed by atoms with Crippen molar-refractivity contribution in [2.45, 2.75) is 97.9 Å². The predicted octanol–water partition coefficient (Wildman–Crippen LogP) is 5.10. The van der Waals surface area contributed by atoms with Gasteiger partial charge in [0.25, 0.3) is 0 Å². The summed E-state index contributed by atoms with van der Waals surface area (Å²) in [5, 5.41) is 0. The minimum absolute atomic E-state index is 0.334. The average molecular weight is 354 g/mol. The zero-order valence-electron chi connectivity index (χ0n) is 17.8. The van der Waals surface area contributed by atoms with Gasteiger partial charge in [0.1, 0.15) is 0 Å². The van der Waals surface area contributed by atoms with E-state index in [4.69, 9.17) is 5.73 Å². The second-order valence-corrected chi connectivity index (χ2v) is 8.47. The van der Waals surface area contributed by atoms with Crippen molar-refractivity contribution in [2.75, 3.05) is 32.8 Å². The highest BCUT2D eigenvalue weighted by Crippen LogP contribution is 2.20. The van der Waals surface area contributed by atoms with Gasteiger partial charge in [0.05, 0.1) is 6.67 Å². The maximum atomic E-state index is 6.37. The van der Waals surface area contributed by atoms with Crippen molar-refractivity contribution in [3.63, 3.8) is 0 Å². The van der Waals surface area contributed by atoms with E-state index in [2.05, 4.69) is 37.5 Å². The molecule has 0 aromatic rings. The first-order chi connectivity index (χ1) is 12.1. The van der Waals surface area contributed by atoms with Crippen LogP contribution in [-0.4, -0.2) is 48.7 Å². The summed E-state index contributed by atoms with van der Waals surface area (Å²) >= 11 is 0. The molecule has 3 heteroatoms. The second kappa shape index (κ2) is 14.0. The quantitative estimate of drug-likeness (QED) is 0.471. The normalized spacial score (nSPS) is 22.2. The van der Waals surface area contributed by atoms with Crippen LogP contribution >= 0.6 is 0 Å². The van der Waals surface area contributed by atoms with E-state index in [0.717, 1.165) is 31.6 Å². The van der Waals surface area contributed by atoms with Crippen LogP contribution in [0.25, 0.3) is 0 Å².